The molecule has 26 heteroatoms. The number of H-pyrrole nitrogens is 1. The summed E-state index contributed by atoms with van der Waals surface area (Å²) in [7, 11) is -9.25. The van der Waals surface area contributed by atoms with Crippen molar-refractivity contribution in [1.82, 2.24) is 14.9 Å². The van der Waals surface area contributed by atoms with Gasteiger partial charge in [-0.3, -0.25) is 19.1 Å². The topological polar surface area (TPSA) is 330 Å². The number of aliphatic hydroxyl groups is 5. The van der Waals surface area contributed by atoms with Gasteiger partial charge in [-0.2, -0.15) is 9.13 Å². The molecule has 0 bridgehead atoms. The molecule has 1 aromatic heterocycles. The van der Waals surface area contributed by atoms with E-state index in [1.54, 1.807) is 0 Å². The summed E-state index contributed by atoms with van der Waals surface area (Å²) in [5.41, 5.74) is -1.73. The van der Waals surface area contributed by atoms with Crippen molar-refractivity contribution in [2.45, 2.75) is 55.2 Å². The van der Waals surface area contributed by atoms with Crippen LogP contribution in [0.4, 0.5) is 0 Å². The third kappa shape index (κ3) is 12.1. The fourth-order valence-corrected chi connectivity index (χ4v) is 6.35. The van der Waals surface area contributed by atoms with Crippen molar-refractivity contribution in [2.24, 2.45) is 0 Å². The molecule has 2 aliphatic rings. The quantitative estimate of drug-likeness (QED) is 0.0381. The van der Waals surface area contributed by atoms with Gasteiger partial charge in [0, 0.05) is 19.4 Å². The van der Waals surface area contributed by atoms with Crippen LogP contribution in [0.5, 0.6) is 0 Å². The van der Waals surface area contributed by atoms with E-state index in [1.807, 2.05) is 4.98 Å². The Morgan fingerprint density at radius 1 is 1.02 bits per heavy atom. The molecule has 1 aromatic rings. The minimum atomic E-state index is -5.39. The zero-order chi connectivity index (χ0) is 32.8. The summed E-state index contributed by atoms with van der Waals surface area (Å²) in [5, 5.41) is 52.9. The van der Waals surface area contributed by atoms with Crippen LogP contribution in [0.3, 0.4) is 0 Å². The summed E-state index contributed by atoms with van der Waals surface area (Å²) in [6.07, 6.45) is -13.0. The summed E-state index contributed by atoms with van der Waals surface area (Å²) in [6.45, 7) is -2.25. The Hall–Kier alpha value is 0.0500. The first kappa shape index (κ1) is 44.1. The van der Waals surface area contributed by atoms with Crippen molar-refractivity contribution in [3.63, 3.8) is 0 Å². The summed E-state index contributed by atoms with van der Waals surface area (Å²) in [4.78, 5) is 53.1. The number of carbonyl (C=O) groups is 1. The number of nitrogens with one attached hydrogen (secondary N) is 2. The molecular weight excluding hydrogens is 694 g/mol. The monoisotopic (exact) mass is 729 g/mol. The van der Waals surface area contributed by atoms with Crippen LogP contribution in [0.15, 0.2) is 21.9 Å². The summed E-state index contributed by atoms with van der Waals surface area (Å²) < 4.78 is 60.6. The second-order valence-electron chi connectivity index (χ2n) is 9.39. The van der Waals surface area contributed by atoms with Crippen LogP contribution in [0.1, 0.15) is 6.23 Å². The maximum absolute atomic E-state index is 12.8. The van der Waals surface area contributed by atoms with E-state index in [4.69, 9.17) is 37.8 Å². The zero-order valence-electron chi connectivity index (χ0n) is 24.9. The average molecular weight is 729 g/mol. The normalized spacial score (nSPS) is 32.0. The Kier molecular flexibility index (Phi) is 18.6. The van der Waals surface area contributed by atoms with E-state index >= 15 is 0 Å². The van der Waals surface area contributed by atoms with Gasteiger partial charge in [-0.15, -0.1) is 0 Å². The first-order valence-corrected chi connectivity index (χ1v) is 15.7. The third-order valence-corrected chi connectivity index (χ3v) is 8.90. The van der Waals surface area contributed by atoms with Crippen LogP contribution in [-0.4, -0.2) is 140 Å². The predicted octanol–water partition coefficient (Wildman–Crippen LogP) is -11.5. The largest absolute Gasteiger partial charge is 1.00 e. The molecule has 2 fully saturated rings. The molecule has 2 saturated heterocycles. The molecule has 0 spiro atoms. The van der Waals surface area contributed by atoms with E-state index in [2.05, 4.69) is 9.63 Å². The first-order valence-electron chi connectivity index (χ1n) is 12.6. The van der Waals surface area contributed by atoms with Gasteiger partial charge in [-0.1, -0.05) is 4.31 Å². The zero-order valence-corrected chi connectivity index (χ0v) is 30.7. The Balaban J connectivity index is 0.00000529. The van der Waals surface area contributed by atoms with Gasteiger partial charge in [-0.05, 0) is 0 Å². The second kappa shape index (κ2) is 19.4. The molecular formula is C20H35N3Na2O19P2+4. The van der Waals surface area contributed by atoms with Gasteiger partial charge in [0.05, 0.1) is 26.4 Å². The molecule has 3 rings (SSSR count). The molecule has 0 radical (unpaired) electrons. The van der Waals surface area contributed by atoms with E-state index in [0.717, 1.165) is 16.8 Å². The standard InChI is InChI=1S/C20H33N3O19P2.2Na/c1-36-4-5-37-8-12(26)21-13-16(29)14(27)9(6-24)40-19(13)41-44(34,35)42-43(32,33)38-7-10-15(28)17(30)18(39-10)23-3-2-11(25)22-20(23)31;;/h2-3,9-10,13-19,24,27-30H,4-8H2,1H3,(H,21,26)(H,32,33)(H,34,35)(H,22,25,31);;/q;2*+1/p+2/t9?,10?,13?,14-,15+,16+,17+,18?,19+;;/m0../s1. The van der Waals surface area contributed by atoms with Gasteiger partial charge >= 0.3 is 80.4 Å². The number of methoxy groups -OCH3 is 1. The molecule has 11 N–H and O–H groups in total. The van der Waals surface area contributed by atoms with Gasteiger partial charge in [0.25, 0.3) is 5.56 Å². The smallest absolute Gasteiger partial charge is 0.394 e. The number of aliphatic hydroxyl groups excluding tert-OH is 5. The van der Waals surface area contributed by atoms with Crippen LogP contribution >= 0.6 is 15.6 Å². The molecule has 0 aliphatic carbocycles. The number of rotatable bonds is 15. The fraction of sp³-hybridized carbons (Fsp3) is 0.750. The van der Waals surface area contributed by atoms with Gasteiger partial charge in [0.15, 0.2) is 12.5 Å². The molecule has 11 atom stereocenters. The van der Waals surface area contributed by atoms with Crippen molar-refractivity contribution in [3.05, 3.63) is 33.1 Å². The van der Waals surface area contributed by atoms with Gasteiger partial charge in [0.1, 0.15) is 49.3 Å². The third-order valence-electron chi connectivity index (χ3n) is 6.20. The predicted molar refractivity (Wildman–Crippen MR) is 140 cm³/mol. The molecule has 2 aliphatic heterocycles. The Morgan fingerprint density at radius 3 is 2.28 bits per heavy atom. The SMILES string of the molecule is COCCOCC(=O)NC1[C@@H](OP(=O)([OH2+])OP(=O)([OH2+])OCC2OC(n3ccc(=O)[nH]c3=O)[C@H](O)[C@@H]2O)OC(CO)[C@H](O)[C@@H]1O.[Na+].[Na+]. The summed E-state index contributed by atoms with van der Waals surface area (Å²) in [5.74, 6) is -0.882. The van der Waals surface area contributed by atoms with Crippen molar-refractivity contribution in [1.29, 1.82) is 0 Å². The number of hydrogen-bond donors (Lipinski definition) is 7. The van der Waals surface area contributed by atoms with Crippen LogP contribution in [0.25, 0.3) is 0 Å². The summed E-state index contributed by atoms with van der Waals surface area (Å²) >= 11 is 0. The maximum atomic E-state index is 12.8. The molecule has 1 amide bonds. The molecule has 46 heavy (non-hydrogen) atoms. The molecule has 6 unspecified atom stereocenters. The Morgan fingerprint density at radius 2 is 1.67 bits per heavy atom. The number of hydrogen-bond acceptors (Lipinski definition) is 17. The van der Waals surface area contributed by atoms with Gasteiger partial charge in [-0.25, -0.2) is 13.8 Å². The number of amides is 1. The number of nitrogens with zero attached hydrogens (tertiary/aromatic N) is 1. The number of ether oxygens (including phenoxy) is 4. The van der Waals surface area contributed by atoms with Gasteiger partial charge in [0.2, 0.25) is 5.91 Å². The van der Waals surface area contributed by atoms with E-state index < -0.39 is 108 Å². The number of aromatic amines is 1. The number of carbonyl (C=O) groups excluding carboxylic acids is 1. The molecule has 3 heterocycles. The second-order valence-corrected chi connectivity index (χ2v) is 12.5. The van der Waals surface area contributed by atoms with Gasteiger partial charge < -0.3 is 59.6 Å². The van der Waals surface area contributed by atoms with Crippen LogP contribution in [0, 0.1) is 0 Å². The summed E-state index contributed by atoms with van der Waals surface area (Å²) in [6, 6.07) is -0.798. The molecule has 0 aromatic carbocycles. The molecule has 0 saturated carbocycles. The number of aromatic nitrogens is 2. The van der Waals surface area contributed by atoms with E-state index in [0.29, 0.717) is 0 Å². The minimum Gasteiger partial charge on any atom is -0.394 e. The van der Waals surface area contributed by atoms with Crippen LogP contribution < -0.4 is 75.7 Å². The first-order chi connectivity index (χ1) is 20.6. The van der Waals surface area contributed by atoms with Crippen LogP contribution in [0.2, 0.25) is 0 Å². The Bertz CT molecular complexity index is 1340. The maximum Gasteiger partial charge on any atom is 1.00 e. The molecule has 252 valence electrons. The van der Waals surface area contributed by atoms with Crippen molar-refractivity contribution < 1.29 is 141 Å². The van der Waals surface area contributed by atoms with Crippen molar-refractivity contribution in [3.8, 4) is 0 Å². The van der Waals surface area contributed by atoms with E-state index in [-0.39, 0.29) is 72.3 Å². The van der Waals surface area contributed by atoms with Crippen LogP contribution in [-0.2, 0) is 46.2 Å². The van der Waals surface area contributed by atoms with E-state index in [1.165, 1.54) is 7.11 Å². The fourth-order valence-electron chi connectivity index (χ4n) is 4.08. The average Bonchev–Trinajstić information content (AvgIpc) is 3.22. The van der Waals surface area contributed by atoms with E-state index in [9.17, 15) is 49.0 Å². The minimum absolute atomic E-state index is 0. The molecule has 22 nitrogen and oxygen atoms in total. The van der Waals surface area contributed by atoms with Crippen molar-refractivity contribution in [2.75, 3.05) is 40.1 Å². The van der Waals surface area contributed by atoms with Crippen molar-refractivity contribution >= 4 is 21.6 Å². The Labute approximate surface area is 303 Å².